The quantitative estimate of drug-likeness (QED) is 0.607. The molecule has 1 amide bonds. The Kier molecular flexibility index (Phi) is 6.08. The van der Waals surface area contributed by atoms with Crippen LogP contribution in [0.25, 0.3) is 0 Å². The van der Waals surface area contributed by atoms with Crippen LogP contribution in [-0.2, 0) is 4.74 Å². The SMILES string of the molecule is C=CCNc1nc(C)cc(C(=O)Nc2cc(C(=O)OC)ccc2Cl)n1. The summed E-state index contributed by atoms with van der Waals surface area (Å²) >= 11 is 6.08. The number of methoxy groups -OCH3 is 1. The number of hydrogen-bond donors (Lipinski definition) is 2. The summed E-state index contributed by atoms with van der Waals surface area (Å²) in [7, 11) is 1.27. The van der Waals surface area contributed by atoms with Crippen LogP contribution in [0.2, 0.25) is 5.02 Å². The number of nitrogens with one attached hydrogen (secondary N) is 2. The third-order valence-corrected chi connectivity index (χ3v) is 3.46. The molecule has 0 bridgehead atoms. The van der Waals surface area contributed by atoms with E-state index in [9.17, 15) is 9.59 Å². The van der Waals surface area contributed by atoms with Crippen LogP contribution >= 0.6 is 11.6 Å². The first-order valence-electron chi connectivity index (χ1n) is 7.34. The summed E-state index contributed by atoms with van der Waals surface area (Å²) in [5, 5.41) is 5.86. The highest BCUT2D eigenvalue weighted by molar-refractivity contribution is 6.34. The number of rotatable bonds is 6. The number of aromatic nitrogens is 2. The Morgan fingerprint density at radius 2 is 2.08 bits per heavy atom. The van der Waals surface area contributed by atoms with Crippen molar-refractivity contribution in [2.75, 3.05) is 24.3 Å². The Balaban J connectivity index is 2.26. The zero-order chi connectivity index (χ0) is 18.4. The van der Waals surface area contributed by atoms with Crippen molar-refractivity contribution in [2.24, 2.45) is 0 Å². The van der Waals surface area contributed by atoms with Crippen LogP contribution in [-0.4, -0.2) is 35.5 Å². The van der Waals surface area contributed by atoms with E-state index in [1.165, 1.54) is 25.3 Å². The summed E-state index contributed by atoms with van der Waals surface area (Å²) in [6.45, 7) is 5.82. The molecule has 1 aromatic heterocycles. The number of nitrogens with zero attached hydrogens (tertiary/aromatic N) is 2. The van der Waals surface area contributed by atoms with Crippen LogP contribution in [0.4, 0.5) is 11.6 Å². The van der Waals surface area contributed by atoms with E-state index in [0.717, 1.165) is 0 Å². The van der Waals surface area contributed by atoms with E-state index >= 15 is 0 Å². The predicted molar refractivity (Wildman–Crippen MR) is 96.2 cm³/mol. The molecule has 0 aliphatic carbocycles. The minimum atomic E-state index is -0.527. The van der Waals surface area contributed by atoms with Crippen molar-refractivity contribution in [3.8, 4) is 0 Å². The smallest absolute Gasteiger partial charge is 0.337 e. The van der Waals surface area contributed by atoms with Crippen molar-refractivity contribution in [2.45, 2.75) is 6.92 Å². The molecule has 130 valence electrons. The molecular weight excluding hydrogens is 344 g/mol. The number of carbonyl (C=O) groups is 2. The van der Waals surface area contributed by atoms with Gasteiger partial charge in [0.2, 0.25) is 5.95 Å². The highest BCUT2D eigenvalue weighted by Gasteiger charge is 2.14. The fourth-order valence-corrected chi connectivity index (χ4v) is 2.14. The van der Waals surface area contributed by atoms with Gasteiger partial charge >= 0.3 is 5.97 Å². The van der Waals surface area contributed by atoms with Crippen LogP contribution < -0.4 is 10.6 Å². The van der Waals surface area contributed by atoms with Gasteiger partial charge in [-0.05, 0) is 31.2 Å². The number of benzene rings is 1. The Bertz CT molecular complexity index is 824. The first kappa shape index (κ1) is 18.4. The number of carbonyl (C=O) groups excluding carboxylic acids is 2. The molecule has 0 unspecified atom stereocenters. The largest absolute Gasteiger partial charge is 0.465 e. The molecule has 0 spiro atoms. The second-order valence-corrected chi connectivity index (χ2v) is 5.44. The lowest BCUT2D eigenvalue weighted by Gasteiger charge is -2.10. The van der Waals surface area contributed by atoms with Crippen LogP contribution in [0.5, 0.6) is 0 Å². The molecular formula is C17H17ClN4O3. The molecule has 0 aliphatic heterocycles. The average molecular weight is 361 g/mol. The summed E-state index contributed by atoms with van der Waals surface area (Å²) in [6, 6.07) is 6.01. The zero-order valence-electron chi connectivity index (χ0n) is 13.8. The highest BCUT2D eigenvalue weighted by atomic mass is 35.5. The van der Waals surface area contributed by atoms with Gasteiger partial charge in [0.15, 0.2) is 0 Å². The van der Waals surface area contributed by atoms with Crippen molar-refractivity contribution in [1.82, 2.24) is 9.97 Å². The lowest BCUT2D eigenvalue weighted by molar-refractivity contribution is 0.0600. The van der Waals surface area contributed by atoms with Crippen molar-refractivity contribution in [3.05, 3.63) is 58.9 Å². The molecule has 0 saturated carbocycles. The predicted octanol–water partition coefficient (Wildman–Crippen LogP) is 3.08. The molecule has 7 nitrogen and oxygen atoms in total. The first-order valence-corrected chi connectivity index (χ1v) is 7.72. The maximum atomic E-state index is 12.5. The van der Waals surface area contributed by atoms with Crippen LogP contribution in [0, 0.1) is 6.92 Å². The van der Waals surface area contributed by atoms with E-state index < -0.39 is 11.9 Å². The molecule has 1 heterocycles. The van der Waals surface area contributed by atoms with Crippen molar-refractivity contribution in [3.63, 3.8) is 0 Å². The van der Waals surface area contributed by atoms with E-state index in [0.29, 0.717) is 18.2 Å². The molecule has 0 atom stereocenters. The Morgan fingerprint density at radius 3 is 2.76 bits per heavy atom. The topological polar surface area (TPSA) is 93.2 Å². The number of ether oxygens (including phenoxy) is 1. The zero-order valence-corrected chi connectivity index (χ0v) is 14.6. The van der Waals surface area contributed by atoms with E-state index in [-0.39, 0.29) is 22.0 Å². The Morgan fingerprint density at radius 1 is 1.32 bits per heavy atom. The second-order valence-electron chi connectivity index (χ2n) is 5.03. The fraction of sp³-hybridized carbons (Fsp3) is 0.176. The van der Waals surface area contributed by atoms with Gasteiger partial charge < -0.3 is 15.4 Å². The number of aryl methyl sites for hydroxylation is 1. The molecule has 2 rings (SSSR count). The summed E-state index contributed by atoms with van der Waals surface area (Å²) in [5.74, 6) is -0.684. The third-order valence-electron chi connectivity index (χ3n) is 3.13. The maximum Gasteiger partial charge on any atom is 0.337 e. The summed E-state index contributed by atoms with van der Waals surface area (Å²) in [6.07, 6.45) is 1.66. The van der Waals surface area contributed by atoms with Gasteiger partial charge in [0, 0.05) is 12.2 Å². The van der Waals surface area contributed by atoms with Crippen LogP contribution in [0.15, 0.2) is 36.9 Å². The van der Waals surface area contributed by atoms with Crippen molar-refractivity contribution >= 4 is 35.1 Å². The van der Waals surface area contributed by atoms with Crippen LogP contribution in [0.1, 0.15) is 26.5 Å². The Labute approximate surface area is 150 Å². The average Bonchev–Trinajstić information content (AvgIpc) is 2.60. The summed E-state index contributed by atoms with van der Waals surface area (Å²) < 4.78 is 4.66. The van der Waals surface area contributed by atoms with Gasteiger partial charge in [0.1, 0.15) is 5.69 Å². The van der Waals surface area contributed by atoms with Crippen molar-refractivity contribution in [1.29, 1.82) is 0 Å². The normalized spacial score (nSPS) is 10.0. The van der Waals surface area contributed by atoms with Gasteiger partial charge in [-0.1, -0.05) is 17.7 Å². The lowest BCUT2D eigenvalue weighted by atomic mass is 10.2. The molecule has 0 fully saturated rings. The highest BCUT2D eigenvalue weighted by Crippen LogP contribution is 2.24. The van der Waals surface area contributed by atoms with Gasteiger partial charge in [-0.25, -0.2) is 14.8 Å². The number of hydrogen-bond acceptors (Lipinski definition) is 6. The molecule has 0 aliphatic rings. The van der Waals surface area contributed by atoms with Gasteiger partial charge in [-0.15, -0.1) is 6.58 Å². The number of esters is 1. The number of halogens is 1. The molecule has 25 heavy (non-hydrogen) atoms. The van der Waals surface area contributed by atoms with E-state index in [1.807, 2.05) is 0 Å². The van der Waals surface area contributed by atoms with E-state index in [4.69, 9.17) is 11.6 Å². The summed E-state index contributed by atoms with van der Waals surface area (Å²) in [5.41, 5.74) is 1.35. The van der Waals surface area contributed by atoms with Gasteiger partial charge in [-0.3, -0.25) is 4.79 Å². The van der Waals surface area contributed by atoms with Gasteiger partial charge in [0.05, 0.1) is 23.4 Å². The number of amides is 1. The van der Waals surface area contributed by atoms with Crippen LogP contribution in [0.3, 0.4) is 0 Å². The molecule has 2 aromatic rings. The monoisotopic (exact) mass is 360 g/mol. The maximum absolute atomic E-state index is 12.5. The molecule has 8 heteroatoms. The fourth-order valence-electron chi connectivity index (χ4n) is 1.98. The molecule has 0 radical (unpaired) electrons. The minimum absolute atomic E-state index is 0.165. The minimum Gasteiger partial charge on any atom is -0.465 e. The van der Waals surface area contributed by atoms with Gasteiger partial charge in [0.25, 0.3) is 5.91 Å². The molecule has 1 aromatic carbocycles. The lowest BCUT2D eigenvalue weighted by Crippen LogP contribution is -2.17. The first-order chi connectivity index (χ1) is 11.9. The Hall–Kier alpha value is -2.93. The summed E-state index contributed by atoms with van der Waals surface area (Å²) in [4.78, 5) is 32.4. The van der Waals surface area contributed by atoms with E-state index in [1.54, 1.807) is 19.1 Å². The third kappa shape index (κ3) is 4.77. The van der Waals surface area contributed by atoms with Gasteiger partial charge in [-0.2, -0.15) is 0 Å². The molecule has 0 saturated heterocycles. The van der Waals surface area contributed by atoms with E-state index in [2.05, 4.69) is 31.9 Å². The number of anilines is 2. The standard InChI is InChI=1S/C17H17ClN4O3/c1-4-7-19-17-20-10(2)8-14(22-17)15(23)21-13-9-11(16(24)25-3)5-6-12(13)18/h4-6,8-9H,1,7H2,2-3H3,(H,21,23)(H,19,20,22). The second kappa shape index (κ2) is 8.25. The molecule has 2 N–H and O–H groups in total. The van der Waals surface area contributed by atoms with Crippen molar-refractivity contribution < 1.29 is 14.3 Å².